The van der Waals surface area contributed by atoms with Gasteiger partial charge in [-0.05, 0) is 43.7 Å². The van der Waals surface area contributed by atoms with Gasteiger partial charge in [-0.25, -0.2) is 4.79 Å². The van der Waals surface area contributed by atoms with E-state index in [0.29, 0.717) is 29.5 Å². The number of carbonyl (C=O) groups excluding carboxylic acids is 1. The van der Waals surface area contributed by atoms with Crippen LogP contribution in [-0.4, -0.2) is 18.9 Å². The molecule has 0 saturated carbocycles. The average Bonchev–Trinajstić information content (AvgIpc) is 2.64. The molecule has 138 valence electrons. The SMILES string of the molecule is CC(C)OCc1ccc(C(=O)OCc2cc(Cl)cc3c2OCOC3)cc1. The Bertz CT molecular complexity index is 771. The summed E-state index contributed by atoms with van der Waals surface area (Å²) in [6.07, 6.45) is 0.163. The molecule has 0 spiro atoms. The van der Waals surface area contributed by atoms with Crippen LogP contribution in [0.4, 0.5) is 0 Å². The van der Waals surface area contributed by atoms with E-state index in [9.17, 15) is 4.79 Å². The fourth-order valence-corrected chi connectivity index (χ4v) is 2.85. The van der Waals surface area contributed by atoms with Crippen molar-refractivity contribution in [1.82, 2.24) is 0 Å². The van der Waals surface area contributed by atoms with Crippen LogP contribution in [-0.2, 0) is 34.0 Å². The van der Waals surface area contributed by atoms with E-state index in [-0.39, 0.29) is 19.5 Å². The highest BCUT2D eigenvalue weighted by Crippen LogP contribution is 2.32. The molecule has 0 saturated heterocycles. The number of hydrogen-bond donors (Lipinski definition) is 0. The summed E-state index contributed by atoms with van der Waals surface area (Å²) in [6, 6.07) is 10.7. The third-order valence-electron chi connectivity index (χ3n) is 3.88. The van der Waals surface area contributed by atoms with Crippen molar-refractivity contribution in [3.8, 4) is 5.75 Å². The van der Waals surface area contributed by atoms with Crippen LogP contribution in [0, 0.1) is 0 Å². The molecule has 0 aromatic heterocycles. The van der Waals surface area contributed by atoms with Crippen LogP contribution in [0.1, 0.15) is 40.9 Å². The van der Waals surface area contributed by atoms with E-state index in [4.69, 9.17) is 30.5 Å². The lowest BCUT2D eigenvalue weighted by Gasteiger charge is -2.21. The van der Waals surface area contributed by atoms with Crippen molar-refractivity contribution in [3.63, 3.8) is 0 Å². The molecule has 1 aliphatic rings. The number of rotatable bonds is 6. The Morgan fingerprint density at radius 3 is 2.69 bits per heavy atom. The van der Waals surface area contributed by atoms with Gasteiger partial charge in [0.2, 0.25) is 0 Å². The molecular weight excluding hydrogens is 356 g/mol. The Hall–Kier alpha value is -2.08. The molecule has 0 atom stereocenters. The first-order valence-corrected chi connectivity index (χ1v) is 8.80. The first-order chi connectivity index (χ1) is 12.5. The molecule has 0 bridgehead atoms. The summed E-state index contributed by atoms with van der Waals surface area (Å²) in [4.78, 5) is 12.3. The molecule has 6 heteroatoms. The van der Waals surface area contributed by atoms with Gasteiger partial charge in [-0.2, -0.15) is 0 Å². The lowest BCUT2D eigenvalue weighted by molar-refractivity contribution is -0.0180. The molecule has 26 heavy (non-hydrogen) atoms. The molecule has 3 rings (SSSR count). The Morgan fingerprint density at radius 1 is 1.19 bits per heavy atom. The number of carbonyl (C=O) groups is 1. The average molecular weight is 377 g/mol. The zero-order chi connectivity index (χ0) is 18.5. The third kappa shape index (κ3) is 4.75. The summed E-state index contributed by atoms with van der Waals surface area (Å²) in [7, 11) is 0. The monoisotopic (exact) mass is 376 g/mol. The highest BCUT2D eigenvalue weighted by atomic mass is 35.5. The van der Waals surface area contributed by atoms with Gasteiger partial charge in [0, 0.05) is 16.1 Å². The maximum atomic E-state index is 12.3. The Morgan fingerprint density at radius 2 is 1.96 bits per heavy atom. The predicted molar refractivity (Wildman–Crippen MR) is 97.2 cm³/mol. The Balaban J connectivity index is 1.63. The van der Waals surface area contributed by atoms with Crippen molar-refractivity contribution in [3.05, 3.63) is 63.7 Å². The topological polar surface area (TPSA) is 54.0 Å². The van der Waals surface area contributed by atoms with Crippen LogP contribution in [0.5, 0.6) is 5.75 Å². The molecule has 2 aromatic rings. The zero-order valence-electron chi connectivity index (χ0n) is 14.8. The molecule has 0 fully saturated rings. The largest absolute Gasteiger partial charge is 0.467 e. The van der Waals surface area contributed by atoms with Gasteiger partial charge in [0.1, 0.15) is 12.4 Å². The van der Waals surface area contributed by atoms with E-state index >= 15 is 0 Å². The van der Waals surface area contributed by atoms with Gasteiger partial charge in [-0.1, -0.05) is 23.7 Å². The van der Waals surface area contributed by atoms with Crippen LogP contribution >= 0.6 is 11.6 Å². The lowest BCUT2D eigenvalue weighted by atomic mass is 10.1. The predicted octanol–water partition coefficient (Wildman–Crippen LogP) is 4.49. The van der Waals surface area contributed by atoms with Crippen molar-refractivity contribution in [2.75, 3.05) is 6.79 Å². The van der Waals surface area contributed by atoms with Gasteiger partial charge in [0.25, 0.3) is 0 Å². The highest BCUT2D eigenvalue weighted by molar-refractivity contribution is 6.30. The zero-order valence-corrected chi connectivity index (χ0v) is 15.5. The second-order valence-electron chi connectivity index (χ2n) is 6.30. The van der Waals surface area contributed by atoms with Crippen LogP contribution in [0.2, 0.25) is 5.02 Å². The van der Waals surface area contributed by atoms with Crippen LogP contribution in [0.15, 0.2) is 36.4 Å². The summed E-state index contributed by atoms with van der Waals surface area (Å²) in [6.45, 7) is 5.17. The fourth-order valence-electron chi connectivity index (χ4n) is 2.59. The van der Waals surface area contributed by atoms with Gasteiger partial charge < -0.3 is 18.9 Å². The number of hydrogen-bond acceptors (Lipinski definition) is 5. The number of fused-ring (bicyclic) bond motifs is 1. The van der Waals surface area contributed by atoms with E-state index in [1.807, 2.05) is 26.0 Å². The van der Waals surface area contributed by atoms with Crippen molar-refractivity contribution < 1.29 is 23.7 Å². The second-order valence-corrected chi connectivity index (χ2v) is 6.73. The van der Waals surface area contributed by atoms with Gasteiger partial charge in [0.15, 0.2) is 6.79 Å². The quantitative estimate of drug-likeness (QED) is 0.695. The van der Waals surface area contributed by atoms with E-state index in [2.05, 4.69) is 0 Å². The minimum absolute atomic E-state index is 0.0833. The maximum absolute atomic E-state index is 12.3. The normalized spacial score (nSPS) is 13.2. The Labute approximate surface area is 157 Å². The van der Waals surface area contributed by atoms with Crippen molar-refractivity contribution in [2.24, 2.45) is 0 Å². The minimum Gasteiger partial charge on any atom is -0.467 e. The Kier molecular flexibility index (Phi) is 6.14. The number of benzene rings is 2. The molecule has 0 N–H and O–H groups in total. The smallest absolute Gasteiger partial charge is 0.338 e. The molecule has 1 aliphatic heterocycles. The van der Waals surface area contributed by atoms with E-state index in [0.717, 1.165) is 16.7 Å². The van der Waals surface area contributed by atoms with Crippen molar-refractivity contribution in [2.45, 2.75) is 39.8 Å². The van der Waals surface area contributed by atoms with Gasteiger partial charge >= 0.3 is 5.97 Å². The fraction of sp³-hybridized carbons (Fsp3) is 0.350. The van der Waals surface area contributed by atoms with Crippen LogP contribution in [0.3, 0.4) is 0 Å². The van der Waals surface area contributed by atoms with Crippen LogP contribution < -0.4 is 4.74 Å². The summed E-state index contributed by atoms with van der Waals surface area (Å²) < 4.78 is 21.7. The first kappa shape index (κ1) is 18.7. The molecule has 0 aliphatic carbocycles. The maximum Gasteiger partial charge on any atom is 0.338 e. The third-order valence-corrected chi connectivity index (χ3v) is 4.10. The second kappa shape index (κ2) is 8.54. The summed E-state index contributed by atoms with van der Waals surface area (Å²) in [5.41, 5.74) is 3.07. The summed E-state index contributed by atoms with van der Waals surface area (Å²) in [5.74, 6) is 0.275. The number of esters is 1. The highest BCUT2D eigenvalue weighted by Gasteiger charge is 2.18. The van der Waals surface area contributed by atoms with E-state index < -0.39 is 5.97 Å². The first-order valence-electron chi connectivity index (χ1n) is 8.42. The van der Waals surface area contributed by atoms with Gasteiger partial charge in [0.05, 0.1) is 24.9 Å². The molecule has 0 amide bonds. The molecule has 5 nitrogen and oxygen atoms in total. The summed E-state index contributed by atoms with van der Waals surface area (Å²) >= 11 is 6.12. The van der Waals surface area contributed by atoms with Gasteiger partial charge in [-0.15, -0.1) is 0 Å². The van der Waals surface area contributed by atoms with E-state index in [1.54, 1.807) is 24.3 Å². The van der Waals surface area contributed by atoms with E-state index in [1.165, 1.54) is 0 Å². The van der Waals surface area contributed by atoms with Gasteiger partial charge in [-0.3, -0.25) is 0 Å². The molecular formula is C20H21ClO5. The van der Waals surface area contributed by atoms with Crippen molar-refractivity contribution in [1.29, 1.82) is 0 Å². The molecule has 2 aromatic carbocycles. The molecule has 0 radical (unpaired) electrons. The summed E-state index contributed by atoms with van der Waals surface area (Å²) in [5, 5.41) is 0.554. The van der Waals surface area contributed by atoms with Crippen LogP contribution in [0.25, 0.3) is 0 Å². The number of halogens is 1. The van der Waals surface area contributed by atoms with Crippen molar-refractivity contribution >= 4 is 17.6 Å². The standard InChI is InChI=1S/C20H21ClO5/c1-13(2)24-9-14-3-5-15(6-4-14)20(22)25-11-17-8-18(21)7-16-10-23-12-26-19(16)17/h3-8,13H,9-12H2,1-2H3. The molecule has 1 heterocycles. The number of ether oxygens (including phenoxy) is 4. The lowest BCUT2D eigenvalue weighted by Crippen LogP contribution is -2.14. The minimum atomic E-state index is -0.401. The molecule has 0 unspecified atom stereocenters.